The molecule has 0 spiro atoms. The van der Waals surface area contributed by atoms with Crippen LogP contribution in [0.15, 0.2) is 60.7 Å². The van der Waals surface area contributed by atoms with E-state index in [1.165, 1.54) is 44.1 Å². The Balaban J connectivity index is 0. The number of hydrogen-bond donors (Lipinski definition) is 1. The number of nitrogens with zero attached hydrogens (tertiary/aromatic N) is 2. The van der Waals surface area contributed by atoms with E-state index in [1.54, 1.807) is 25.1 Å². The van der Waals surface area contributed by atoms with Gasteiger partial charge in [-0.05, 0) is 81.3 Å². The van der Waals surface area contributed by atoms with Gasteiger partial charge in [-0.1, -0.05) is 129 Å². The fourth-order valence-corrected chi connectivity index (χ4v) is 4.52. The second kappa shape index (κ2) is 26.2. The second-order valence-electron chi connectivity index (χ2n) is 11.6. The highest BCUT2D eigenvalue weighted by atomic mass is 16.1. The number of nitrogen functional groups attached to an aromatic ring is 1. The van der Waals surface area contributed by atoms with Gasteiger partial charge < -0.3 is 5.73 Å². The molecule has 0 aliphatic heterocycles. The first-order valence-corrected chi connectivity index (χ1v) is 16.1. The molecule has 0 aliphatic carbocycles. The topological polar surface area (TPSA) is 79.8 Å². The van der Waals surface area contributed by atoms with E-state index in [-0.39, 0.29) is 5.78 Å². The van der Waals surface area contributed by atoms with Gasteiger partial charge in [-0.15, -0.1) is 0 Å². The lowest BCUT2D eigenvalue weighted by atomic mass is 9.97. The van der Waals surface area contributed by atoms with Gasteiger partial charge in [0.25, 0.3) is 0 Å². The highest BCUT2D eigenvalue weighted by Gasteiger charge is 2.08. The zero-order chi connectivity index (χ0) is 33.2. The molecule has 4 nitrogen and oxygen atoms in total. The Morgan fingerprint density at radius 3 is 1.60 bits per heavy atom. The predicted octanol–water partition coefficient (Wildman–Crippen LogP) is 11.3. The number of aryl methyl sites for hydroxylation is 4. The quantitative estimate of drug-likeness (QED) is 0.266. The summed E-state index contributed by atoms with van der Waals surface area (Å²) in [6.07, 6.45) is 9.17. The van der Waals surface area contributed by atoms with Crippen molar-refractivity contribution in [1.82, 2.24) is 4.98 Å². The molecule has 0 atom stereocenters. The van der Waals surface area contributed by atoms with Crippen LogP contribution in [-0.4, -0.2) is 10.8 Å². The number of hydrogen-bond acceptors (Lipinski definition) is 4. The summed E-state index contributed by atoms with van der Waals surface area (Å²) in [4.78, 5) is 15.3. The first-order valence-electron chi connectivity index (χ1n) is 16.1. The van der Waals surface area contributed by atoms with Crippen LogP contribution in [0.4, 0.5) is 5.82 Å². The largest absolute Gasteiger partial charge is 0.384 e. The van der Waals surface area contributed by atoms with E-state index in [1.807, 2.05) is 44.2 Å². The smallest absolute Gasteiger partial charge is 0.160 e. The molecule has 0 saturated heterocycles. The van der Waals surface area contributed by atoms with Crippen molar-refractivity contribution in [3.05, 3.63) is 94.2 Å². The van der Waals surface area contributed by atoms with Crippen LogP contribution in [0.5, 0.6) is 0 Å². The van der Waals surface area contributed by atoms with Crippen LogP contribution in [0.1, 0.15) is 132 Å². The van der Waals surface area contributed by atoms with Gasteiger partial charge in [0.2, 0.25) is 0 Å². The number of nitrogens with two attached hydrogens (primary N) is 1. The monoisotopic (exact) mass is 587 g/mol. The lowest BCUT2D eigenvalue weighted by Crippen LogP contribution is -2.00. The molecule has 43 heavy (non-hydrogen) atoms. The molecule has 0 amide bonds. The number of carbonyl (C=O) groups is 1. The van der Waals surface area contributed by atoms with Gasteiger partial charge in [0.05, 0.1) is 11.6 Å². The highest BCUT2D eigenvalue weighted by molar-refractivity contribution is 5.97. The fraction of sp³-hybridized carbons (Fsp3) is 0.513. The molecule has 2 N–H and O–H groups in total. The molecule has 4 heteroatoms. The van der Waals surface area contributed by atoms with Crippen LogP contribution in [0, 0.1) is 43.9 Å². The Bertz CT molecular complexity index is 1130. The van der Waals surface area contributed by atoms with Crippen LogP contribution >= 0.6 is 0 Å². The lowest BCUT2D eigenvalue weighted by Gasteiger charge is -2.06. The zero-order valence-electron chi connectivity index (χ0n) is 29.3. The van der Waals surface area contributed by atoms with Crippen molar-refractivity contribution in [3.8, 4) is 6.07 Å². The molecular weight excluding hydrogens is 526 g/mol. The zero-order valence-corrected chi connectivity index (χ0v) is 29.3. The van der Waals surface area contributed by atoms with E-state index in [0.717, 1.165) is 40.6 Å². The minimum atomic E-state index is 0.0551. The number of ketones is 1. The van der Waals surface area contributed by atoms with Gasteiger partial charge in [-0.25, -0.2) is 4.98 Å². The Kier molecular flexibility index (Phi) is 25.4. The van der Waals surface area contributed by atoms with Crippen molar-refractivity contribution in [2.75, 3.05) is 5.73 Å². The van der Waals surface area contributed by atoms with E-state index in [4.69, 9.17) is 11.0 Å². The second-order valence-corrected chi connectivity index (χ2v) is 11.6. The Morgan fingerprint density at radius 2 is 1.33 bits per heavy atom. The van der Waals surface area contributed by atoms with E-state index in [9.17, 15) is 4.79 Å². The predicted molar refractivity (Wildman–Crippen MR) is 189 cm³/mol. The number of benzene rings is 2. The van der Waals surface area contributed by atoms with Gasteiger partial charge in [-0.3, -0.25) is 4.79 Å². The molecule has 1 aromatic heterocycles. The van der Waals surface area contributed by atoms with Crippen molar-refractivity contribution in [1.29, 1.82) is 5.26 Å². The first-order chi connectivity index (χ1) is 20.4. The Morgan fingerprint density at radius 1 is 0.814 bits per heavy atom. The maximum absolute atomic E-state index is 11.2. The van der Waals surface area contributed by atoms with E-state index in [2.05, 4.69) is 78.6 Å². The first kappa shape index (κ1) is 41.7. The minimum Gasteiger partial charge on any atom is -0.384 e. The number of aromatic nitrogens is 1. The maximum atomic E-state index is 11.2. The molecule has 1 heterocycles. The van der Waals surface area contributed by atoms with Crippen molar-refractivity contribution < 1.29 is 4.79 Å². The molecule has 0 fully saturated rings. The van der Waals surface area contributed by atoms with Crippen LogP contribution in [0.3, 0.4) is 0 Å². The number of anilines is 1. The summed E-state index contributed by atoms with van der Waals surface area (Å²) in [7, 11) is 0. The van der Waals surface area contributed by atoms with E-state index >= 15 is 0 Å². The third-order valence-corrected chi connectivity index (χ3v) is 6.57. The van der Waals surface area contributed by atoms with Gasteiger partial charge >= 0.3 is 0 Å². The third-order valence-electron chi connectivity index (χ3n) is 6.57. The average Bonchev–Trinajstić information content (AvgIpc) is 2.94. The average molecular weight is 588 g/mol. The van der Waals surface area contributed by atoms with E-state index in [0.29, 0.717) is 11.4 Å². The lowest BCUT2D eigenvalue weighted by molar-refractivity contribution is 0.101. The summed E-state index contributed by atoms with van der Waals surface area (Å²) < 4.78 is 0. The van der Waals surface area contributed by atoms with Gasteiger partial charge in [0.15, 0.2) is 5.78 Å². The van der Waals surface area contributed by atoms with Crippen molar-refractivity contribution in [2.24, 2.45) is 11.8 Å². The molecule has 3 aromatic rings. The summed E-state index contributed by atoms with van der Waals surface area (Å²) in [6, 6.07) is 21.5. The fourth-order valence-electron chi connectivity index (χ4n) is 4.52. The van der Waals surface area contributed by atoms with Crippen molar-refractivity contribution >= 4 is 11.6 Å². The summed E-state index contributed by atoms with van der Waals surface area (Å²) in [6.45, 7) is 23.0. The van der Waals surface area contributed by atoms with Crippen molar-refractivity contribution in [3.63, 3.8) is 0 Å². The molecular formula is C39H61N3O. The third kappa shape index (κ3) is 22.8. The van der Waals surface area contributed by atoms with Crippen LogP contribution in [0.25, 0.3) is 0 Å². The molecule has 238 valence electrons. The minimum absolute atomic E-state index is 0.0551. The van der Waals surface area contributed by atoms with Crippen molar-refractivity contribution in [2.45, 2.75) is 121 Å². The SMILES string of the molecule is CC(=O)c1c(C)cc(C#N)cc1C.CCCC(C)C.CCCC(C)CCC.CCc1cccc(N)n1.Cc1ccccc1. The summed E-state index contributed by atoms with van der Waals surface area (Å²) in [5.41, 5.74) is 10.9. The maximum Gasteiger partial charge on any atom is 0.160 e. The van der Waals surface area contributed by atoms with Gasteiger partial charge in [0.1, 0.15) is 5.82 Å². The molecule has 0 unspecified atom stereocenters. The highest BCUT2D eigenvalue weighted by Crippen LogP contribution is 2.16. The molecule has 0 saturated carbocycles. The molecule has 3 rings (SSSR count). The number of carbonyl (C=O) groups excluding carboxylic acids is 1. The molecule has 0 aliphatic rings. The van der Waals surface area contributed by atoms with Crippen LogP contribution < -0.4 is 5.73 Å². The Hall–Kier alpha value is -3.45. The van der Waals surface area contributed by atoms with Gasteiger partial charge in [0, 0.05) is 11.3 Å². The standard InChI is InChI=1S/C11H11NO.C8H18.C7H10N2.C7H8.C6H14/c1-7-4-10(6-12)5-8(2)11(7)9(3)13;1-4-6-8(3)7-5-2;1-2-6-4-3-5-7(8)9-6;1-7-5-3-2-4-6-7;1-4-5-6(2)3/h4-5H,1-3H3;8H,4-7H2,1-3H3;3-5H,2H2,1H3,(H2,8,9);2-6H,1H3;6H,4-5H2,1-3H3. The number of Topliss-reactive ketones (excluding diaryl/α,β-unsaturated/α-hetero) is 1. The van der Waals surface area contributed by atoms with Crippen LogP contribution in [0.2, 0.25) is 0 Å². The van der Waals surface area contributed by atoms with Gasteiger partial charge in [-0.2, -0.15) is 5.26 Å². The van der Waals surface area contributed by atoms with Crippen LogP contribution in [-0.2, 0) is 6.42 Å². The molecule has 0 bridgehead atoms. The normalized spacial score (nSPS) is 9.58. The Labute approximate surface area is 265 Å². The number of nitriles is 1. The number of rotatable bonds is 8. The molecule has 0 radical (unpaired) electrons. The summed E-state index contributed by atoms with van der Waals surface area (Å²) in [5, 5.41) is 8.68. The molecule has 2 aromatic carbocycles. The van der Waals surface area contributed by atoms with E-state index < -0.39 is 0 Å². The summed E-state index contributed by atoms with van der Waals surface area (Å²) in [5.74, 6) is 2.52. The summed E-state index contributed by atoms with van der Waals surface area (Å²) >= 11 is 0. The number of pyridine rings is 1.